The summed E-state index contributed by atoms with van der Waals surface area (Å²) < 4.78 is 5.27. The Kier molecular flexibility index (Phi) is 6.93. The van der Waals surface area contributed by atoms with Crippen LogP contribution in [0.3, 0.4) is 0 Å². The van der Waals surface area contributed by atoms with E-state index >= 15 is 0 Å². The van der Waals surface area contributed by atoms with Gasteiger partial charge in [-0.2, -0.15) is 0 Å². The Labute approximate surface area is 139 Å². The van der Waals surface area contributed by atoms with Gasteiger partial charge >= 0.3 is 0 Å². The lowest BCUT2D eigenvalue weighted by atomic mass is 10.0. The van der Waals surface area contributed by atoms with Crippen molar-refractivity contribution in [3.63, 3.8) is 0 Å². The normalized spacial score (nSPS) is 16.8. The molecule has 2 rings (SSSR count). The number of likely N-dealkylation sites (tertiary alicyclic amines) is 1. The summed E-state index contributed by atoms with van der Waals surface area (Å²) in [6, 6.07) is 8.90. The monoisotopic (exact) mass is 322 g/mol. The van der Waals surface area contributed by atoms with Crippen LogP contribution in [0.2, 0.25) is 0 Å². The second-order valence-electron chi connectivity index (χ2n) is 5.79. The van der Waals surface area contributed by atoms with Gasteiger partial charge in [0.2, 0.25) is 0 Å². The number of quaternary nitrogens is 1. The van der Waals surface area contributed by atoms with Crippen molar-refractivity contribution in [2.45, 2.75) is 32.2 Å². The number of benzene rings is 1. The van der Waals surface area contributed by atoms with Crippen LogP contribution in [0.1, 0.15) is 37.8 Å². The number of methoxy groups -OCH3 is 1. The predicted octanol–water partition coefficient (Wildman–Crippen LogP) is 1.29. The Morgan fingerprint density at radius 1 is 1.18 bits per heavy atom. The molecule has 0 bridgehead atoms. The molecule has 1 fully saturated rings. The van der Waals surface area contributed by atoms with Crippen molar-refractivity contribution >= 4 is 17.3 Å². The maximum Gasteiger partial charge on any atom is 0.166 e. The molecule has 22 heavy (non-hydrogen) atoms. The first-order chi connectivity index (χ1) is 10.7. The first-order valence-electron chi connectivity index (χ1n) is 8.24. The second kappa shape index (κ2) is 8.96. The molecule has 0 unspecified atom stereocenters. The number of rotatable bonds is 6. The summed E-state index contributed by atoms with van der Waals surface area (Å²) in [5, 5.41) is 7.29. The minimum atomic E-state index is 0.433. The molecule has 0 radical (unpaired) electrons. The largest absolute Gasteiger partial charge is 0.497 e. The molecular formula is C17H28N3OS+. The smallest absolute Gasteiger partial charge is 0.166 e. The van der Waals surface area contributed by atoms with E-state index in [1.54, 1.807) is 12.0 Å². The second-order valence-corrected chi connectivity index (χ2v) is 6.19. The van der Waals surface area contributed by atoms with Crippen molar-refractivity contribution in [2.75, 3.05) is 33.3 Å². The molecule has 1 aliphatic heterocycles. The molecule has 1 aliphatic rings. The number of ether oxygens (including phenoxy) is 1. The van der Waals surface area contributed by atoms with Crippen molar-refractivity contribution in [3.05, 3.63) is 29.8 Å². The molecule has 4 nitrogen and oxygen atoms in total. The fourth-order valence-electron chi connectivity index (χ4n) is 3.11. The van der Waals surface area contributed by atoms with Gasteiger partial charge in [0.1, 0.15) is 11.8 Å². The van der Waals surface area contributed by atoms with Crippen LogP contribution in [0, 0.1) is 0 Å². The van der Waals surface area contributed by atoms with Crippen LogP contribution in [0.25, 0.3) is 0 Å². The minimum absolute atomic E-state index is 0.433. The lowest BCUT2D eigenvalue weighted by molar-refractivity contribution is -0.934. The van der Waals surface area contributed by atoms with Crippen molar-refractivity contribution < 1.29 is 9.64 Å². The van der Waals surface area contributed by atoms with Gasteiger partial charge in [-0.1, -0.05) is 0 Å². The van der Waals surface area contributed by atoms with Gasteiger partial charge in [-0.3, -0.25) is 0 Å². The molecule has 1 aromatic rings. The van der Waals surface area contributed by atoms with Crippen LogP contribution < -0.4 is 20.3 Å². The zero-order chi connectivity index (χ0) is 15.8. The average molecular weight is 322 g/mol. The maximum atomic E-state index is 5.31. The topological polar surface area (TPSA) is 37.7 Å². The number of nitrogens with one attached hydrogen (secondary N) is 3. The zero-order valence-electron chi connectivity index (χ0n) is 13.7. The summed E-state index contributed by atoms with van der Waals surface area (Å²) in [5.74, 6) is 0.910. The Bertz CT molecular complexity index is 457. The Morgan fingerprint density at radius 3 is 2.45 bits per heavy atom. The van der Waals surface area contributed by atoms with Crippen LogP contribution in [-0.4, -0.2) is 38.4 Å². The highest BCUT2D eigenvalue weighted by molar-refractivity contribution is 7.80. The van der Waals surface area contributed by atoms with E-state index in [0.29, 0.717) is 6.04 Å². The van der Waals surface area contributed by atoms with Gasteiger partial charge in [0.25, 0.3) is 0 Å². The highest BCUT2D eigenvalue weighted by Gasteiger charge is 2.26. The van der Waals surface area contributed by atoms with Crippen molar-refractivity contribution in [3.8, 4) is 5.75 Å². The molecule has 0 aliphatic carbocycles. The lowest BCUT2D eigenvalue weighted by Crippen LogP contribution is -3.13. The molecule has 1 aromatic carbocycles. The highest BCUT2D eigenvalue weighted by atomic mass is 32.1. The van der Waals surface area contributed by atoms with Gasteiger partial charge in [0, 0.05) is 12.1 Å². The summed E-state index contributed by atoms with van der Waals surface area (Å²) >= 11 is 5.31. The fraction of sp³-hybridized carbons (Fsp3) is 0.588. The summed E-state index contributed by atoms with van der Waals surface area (Å²) in [6.07, 6.45) is 4.00. The first-order valence-corrected chi connectivity index (χ1v) is 8.65. The molecule has 122 valence electrons. The SMILES string of the molecule is CCNC(=S)NC[C@@H](c1ccc(OC)cc1)[NH+]1CCCCC1. The van der Waals surface area contributed by atoms with Gasteiger partial charge in [0.15, 0.2) is 5.11 Å². The van der Waals surface area contributed by atoms with Crippen LogP contribution in [0.4, 0.5) is 0 Å². The quantitative estimate of drug-likeness (QED) is 0.690. The van der Waals surface area contributed by atoms with E-state index in [4.69, 9.17) is 17.0 Å². The third-order valence-corrected chi connectivity index (χ3v) is 4.60. The molecule has 0 amide bonds. The van der Waals surface area contributed by atoms with E-state index in [0.717, 1.165) is 24.0 Å². The van der Waals surface area contributed by atoms with E-state index in [-0.39, 0.29) is 0 Å². The fourth-order valence-corrected chi connectivity index (χ4v) is 3.33. The molecule has 0 saturated carbocycles. The summed E-state index contributed by atoms with van der Waals surface area (Å²) in [5.41, 5.74) is 1.35. The van der Waals surface area contributed by atoms with Crippen LogP contribution in [0.5, 0.6) is 5.75 Å². The van der Waals surface area contributed by atoms with Gasteiger partial charge in [-0.25, -0.2) is 0 Å². The Morgan fingerprint density at radius 2 is 1.86 bits per heavy atom. The maximum absolute atomic E-state index is 5.31. The van der Waals surface area contributed by atoms with Crippen molar-refractivity contribution in [1.29, 1.82) is 0 Å². The number of hydrogen-bond acceptors (Lipinski definition) is 2. The molecule has 3 N–H and O–H groups in total. The predicted molar refractivity (Wildman–Crippen MR) is 94.6 cm³/mol. The molecular weight excluding hydrogens is 294 g/mol. The third kappa shape index (κ3) is 4.85. The zero-order valence-corrected chi connectivity index (χ0v) is 14.5. The van der Waals surface area contributed by atoms with E-state index in [1.807, 2.05) is 12.1 Å². The lowest BCUT2D eigenvalue weighted by Gasteiger charge is -2.32. The summed E-state index contributed by atoms with van der Waals surface area (Å²) in [4.78, 5) is 1.66. The van der Waals surface area contributed by atoms with Crippen LogP contribution in [0.15, 0.2) is 24.3 Å². The van der Waals surface area contributed by atoms with E-state index in [9.17, 15) is 0 Å². The highest BCUT2D eigenvalue weighted by Crippen LogP contribution is 2.16. The minimum Gasteiger partial charge on any atom is -0.497 e. The van der Waals surface area contributed by atoms with E-state index < -0.39 is 0 Å². The Hall–Kier alpha value is -1.33. The number of thiocarbonyl (C=S) groups is 1. The molecule has 0 spiro atoms. The summed E-state index contributed by atoms with van der Waals surface area (Å²) in [6.45, 7) is 6.27. The molecule has 1 heterocycles. The van der Waals surface area contributed by atoms with Crippen LogP contribution >= 0.6 is 12.2 Å². The molecule has 0 aromatic heterocycles. The van der Waals surface area contributed by atoms with Crippen LogP contribution in [-0.2, 0) is 0 Å². The van der Waals surface area contributed by atoms with E-state index in [1.165, 1.54) is 37.9 Å². The van der Waals surface area contributed by atoms with Gasteiger partial charge in [-0.05, 0) is 62.7 Å². The van der Waals surface area contributed by atoms with Gasteiger partial charge in [-0.15, -0.1) is 0 Å². The molecule has 5 heteroatoms. The first kappa shape index (κ1) is 17.0. The van der Waals surface area contributed by atoms with Crippen molar-refractivity contribution in [2.24, 2.45) is 0 Å². The molecule has 1 saturated heterocycles. The van der Waals surface area contributed by atoms with Gasteiger partial charge < -0.3 is 20.3 Å². The number of hydrogen-bond donors (Lipinski definition) is 3. The van der Waals surface area contributed by atoms with Gasteiger partial charge in [0.05, 0.1) is 26.7 Å². The summed E-state index contributed by atoms with van der Waals surface area (Å²) in [7, 11) is 1.71. The molecule has 1 atom stereocenters. The van der Waals surface area contributed by atoms with Crippen molar-refractivity contribution in [1.82, 2.24) is 10.6 Å². The number of piperidine rings is 1. The third-order valence-electron chi connectivity index (χ3n) is 4.31. The average Bonchev–Trinajstić information content (AvgIpc) is 2.57. The Balaban J connectivity index is 2.07. The van der Waals surface area contributed by atoms with E-state index in [2.05, 4.69) is 29.7 Å². The standard InChI is InChI=1S/C17H27N3OS/c1-3-18-17(22)19-13-16(20-11-5-4-6-12-20)14-7-9-15(21-2)10-8-14/h7-10,16H,3-6,11-13H2,1-2H3,(H2,18,19,22)/p+1/t16-/m0/s1.